The minimum Gasteiger partial charge on any atom is -0.351 e. The molecule has 0 spiro atoms. The molecule has 0 aromatic carbocycles. The second-order valence-electron chi connectivity index (χ2n) is 4.23. The monoisotopic (exact) mass is 351 g/mol. The third-order valence-electron chi connectivity index (χ3n) is 2.62. The molecule has 1 amide bonds. The Morgan fingerprint density at radius 3 is 2.76 bits per heavy atom. The van der Waals surface area contributed by atoms with Crippen LogP contribution in [-0.4, -0.2) is 33.8 Å². The fraction of sp³-hybridized carbons (Fsp3) is 0.417. The molecule has 118 valence electrons. The molecule has 3 N–H and O–H groups in total. The number of nitrogens with two attached hydrogens (primary N) is 1. The molecule has 2 aromatic heterocycles. The number of halogens is 2. The molecular formula is C12H19Cl2N5OS. The molecule has 0 radical (unpaired) electrons. The Bertz CT molecular complexity index is 584. The highest BCUT2D eigenvalue weighted by Crippen LogP contribution is 2.27. The second-order valence-corrected chi connectivity index (χ2v) is 5.23. The minimum atomic E-state index is -0.0846. The van der Waals surface area contributed by atoms with Gasteiger partial charge in [0.1, 0.15) is 9.88 Å². The van der Waals surface area contributed by atoms with Crippen molar-refractivity contribution in [3.8, 4) is 10.6 Å². The molecule has 0 saturated carbocycles. The predicted octanol–water partition coefficient (Wildman–Crippen LogP) is 1.77. The number of hydrogen-bond donors (Lipinski definition) is 2. The first-order chi connectivity index (χ1) is 9.11. The fourth-order valence-corrected chi connectivity index (χ4v) is 2.60. The predicted molar refractivity (Wildman–Crippen MR) is 89.6 cm³/mol. The fourth-order valence-electron chi connectivity index (χ4n) is 1.65. The summed E-state index contributed by atoms with van der Waals surface area (Å²) in [6, 6.07) is 0. The van der Waals surface area contributed by atoms with Gasteiger partial charge >= 0.3 is 0 Å². The van der Waals surface area contributed by atoms with E-state index in [0.29, 0.717) is 18.0 Å². The summed E-state index contributed by atoms with van der Waals surface area (Å²) in [5.41, 5.74) is 7.07. The molecule has 2 aromatic rings. The number of aryl methyl sites for hydroxylation is 2. The quantitative estimate of drug-likeness (QED) is 0.803. The van der Waals surface area contributed by atoms with Gasteiger partial charge in [0.2, 0.25) is 0 Å². The van der Waals surface area contributed by atoms with E-state index < -0.39 is 0 Å². The average molecular weight is 352 g/mol. The van der Waals surface area contributed by atoms with Crippen LogP contribution in [0.25, 0.3) is 10.6 Å². The Balaban J connectivity index is 0.00000200. The van der Waals surface area contributed by atoms with Crippen molar-refractivity contribution in [2.45, 2.75) is 13.3 Å². The first-order valence-corrected chi connectivity index (χ1v) is 6.88. The van der Waals surface area contributed by atoms with Crippen molar-refractivity contribution in [2.75, 3.05) is 13.1 Å². The van der Waals surface area contributed by atoms with Gasteiger partial charge in [-0.25, -0.2) is 4.98 Å². The Kier molecular flexibility index (Phi) is 8.50. The maximum Gasteiger partial charge on any atom is 0.263 e. The zero-order valence-electron chi connectivity index (χ0n) is 11.8. The van der Waals surface area contributed by atoms with Crippen LogP contribution in [0.3, 0.4) is 0 Å². The first-order valence-electron chi connectivity index (χ1n) is 6.06. The molecule has 0 aliphatic carbocycles. The highest BCUT2D eigenvalue weighted by Gasteiger charge is 2.16. The summed E-state index contributed by atoms with van der Waals surface area (Å²) in [4.78, 5) is 17.1. The number of amides is 1. The van der Waals surface area contributed by atoms with Crippen molar-refractivity contribution >= 4 is 42.1 Å². The van der Waals surface area contributed by atoms with Crippen LogP contribution in [-0.2, 0) is 7.05 Å². The number of nitrogens with one attached hydrogen (secondary N) is 1. The Labute approximate surface area is 140 Å². The molecule has 21 heavy (non-hydrogen) atoms. The van der Waals surface area contributed by atoms with E-state index in [-0.39, 0.29) is 30.7 Å². The molecule has 0 bridgehead atoms. The third kappa shape index (κ3) is 4.96. The summed E-state index contributed by atoms with van der Waals surface area (Å²) in [6.45, 7) is 3.01. The molecule has 9 heteroatoms. The van der Waals surface area contributed by atoms with Gasteiger partial charge in [-0.3, -0.25) is 9.48 Å². The smallest absolute Gasteiger partial charge is 0.263 e. The van der Waals surface area contributed by atoms with Gasteiger partial charge in [0.05, 0.1) is 11.9 Å². The summed E-state index contributed by atoms with van der Waals surface area (Å²) in [6.07, 6.45) is 4.40. The summed E-state index contributed by atoms with van der Waals surface area (Å²) >= 11 is 1.38. The van der Waals surface area contributed by atoms with Gasteiger partial charge in [0.25, 0.3) is 5.91 Å². The van der Waals surface area contributed by atoms with Crippen LogP contribution in [0.1, 0.15) is 21.8 Å². The molecule has 0 fully saturated rings. The van der Waals surface area contributed by atoms with Crippen molar-refractivity contribution in [3.05, 3.63) is 23.0 Å². The molecule has 0 aliphatic rings. The van der Waals surface area contributed by atoms with Gasteiger partial charge in [-0.1, -0.05) is 0 Å². The number of aromatic nitrogens is 3. The zero-order valence-corrected chi connectivity index (χ0v) is 14.3. The molecule has 6 nitrogen and oxygen atoms in total. The summed E-state index contributed by atoms with van der Waals surface area (Å²) in [7, 11) is 1.85. The Morgan fingerprint density at radius 1 is 1.48 bits per heavy atom. The standard InChI is InChI=1S/C12H17N5OS.2ClH/c1-8-10(11(18)14-5-3-4-13)19-12(16-8)9-6-15-17(2)7-9;;/h6-7H,3-5,13H2,1-2H3,(H,14,18);2*1H. The van der Waals surface area contributed by atoms with Gasteiger partial charge in [-0.05, 0) is 19.9 Å². The topological polar surface area (TPSA) is 85.8 Å². The molecule has 2 heterocycles. The zero-order chi connectivity index (χ0) is 13.8. The molecule has 0 unspecified atom stereocenters. The van der Waals surface area contributed by atoms with Crippen molar-refractivity contribution < 1.29 is 4.79 Å². The van der Waals surface area contributed by atoms with E-state index in [0.717, 1.165) is 22.7 Å². The average Bonchev–Trinajstić information content (AvgIpc) is 2.95. The van der Waals surface area contributed by atoms with Crippen LogP contribution in [0, 0.1) is 6.92 Å². The number of nitrogens with zero attached hydrogens (tertiary/aromatic N) is 3. The summed E-state index contributed by atoms with van der Waals surface area (Å²) in [5, 5.41) is 7.76. The van der Waals surface area contributed by atoms with Crippen molar-refractivity contribution in [2.24, 2.45) is 12.8 Å². The molecular weight excluding hydrogens is 333 g/mol. The van der Waals surface area contributed by atoms with E-state index in [4.69, 9.17) is 5.73 Å². The lowest BCUT2D eigenvalue weighted by Gasteiger charge is -2.01. The normalized spacial score (nSPS) is 9.67. The maximum absolute atomic E-state index is 12.0. The Morgan fingerprint density at radius 2 is 2.19 bits per heavy atom. The van der Waals surface area contributed by atoms with E-state index in [2.05, 4.69) is 15.4 Å². The SMILES string of the molecule is Cc1nc(-c2cnn(C)c2)sc1C(=O)NCCCN.Cl.Cl. The summed E-state index contributed by atoms with van der Waals surface area (Å²) in [5.74, 6) is -0.0846. The van der Waals surface area contributed by atoms with Gasteiger partial charge in [-0.2, -0.15) is 5.10 Å². The van der Waals surface area contributed by atoms with E-state index >= 15 is 0 Å². The van der Waals surface area contributed by atoms with Gasteiger partial charge in [-0.15, -0.1) is 36.2 Å². The number of thiazole rings is 1. The molecule has 0 atom stereocenters. The van der Waals surface area contributed by atoms with E-state index in [9.17, 15) is 4.79 Å². The lowest BCUT2D eigenvalue weighted by atomic mass is 10.3. The Hall–Kier alpha value is -1.15. The molecule has 2 rings (SSSR count). The highest BCUT2D eigenvalue weighted by molar-refractivity contribution is 7.17. The van der Waals surface area contributed by atoms with Crippen LogP contribution in [0.15, 0.2) is 12.4 Å². The number of hydrogen-bond acceptors (Lipinski definition) is 5. The van der Waals surface area contributed by atoms with E-state index in [1.165, 1.54) is 11.3 Å². The van der Waals surface area contributed by atoms with E-state index in [1.54, 1.807) is 10.9 Å². The first kappa shape index (κ1) is 19.9. The van der Waals surface area contributed by atoms with Crippen LogP contribution < -0.4 is 11.1 Å². The minimum absolute atomic E-state index is 0. The molecule has 0 aliphatic heterocycles. The van der Waals surface area contributed by atoms with Crippen LogP contribution in [0.2, 0.25) is 0 Å². The van der Waals surface area contributed by atoms with Gasteiger partial charge in [0, 0.05) is 25.4 Å². The number of carbonyl (C=O) groups is 1. The largest absolute Gasteiger partial charge is 0.351 e. The highest BCUT2D eigenvalue weighted by atomic mass is 35.5. The van der Waals surface area contributed by atoms with Gasteiger partial charge < -0.3 is 11.1 Å². The van der Waals surface area contributed by atoms with Crippen LogP contribution in [0.5, 0.6) is 0 Å². The van der Waals surface area contributed by atoms with Crippen molar-refractivity contribution in [1.82, 2.24) is 20.1 Å². The number of carbonyl (C=O) groups excluding carboxylic acids is 1. The maximum atomic E-state index is 12.0. The van der Waals surface area contributed by atoms with Gasteiger partial charge in [0.15, 0.2) is 0 Å². The van der Waals surface area contributed by atoms with Crippen molar-refractivity contribution in [1.29, 1.82) is 0 Å². The summed E-state index contributed by atoms with van der Waals surface area (Å²) < 4.78 is 1.72. The number of rotatable bonds is 5. The lowest BCUT2D eigenvalue weighted by Crippen LogP contribution is -2.25. The van der Waals surface area contributed by atoms with Crippen molar-refractivity contribution in [3.63, 3.8) is 0 Å². The van der Waals surface area contributed by atoms with Crippen LogP contribution >= 0.6 is 36.2 Å². The second kappa shape index (κ2) is 8.99. The lowest BCUT2D eigenvalue weighted by molar-refractivity contribution is 0.0957. The van der Waals surface area contributed by atoms with E-state index in [1.807, 2.05) is 20.2 Å². The third-order valence-corrected chi connectivity index (χ3v) is 3.83. The van der Waals surface area contributed by atoms with Crippen LogP contribution in [0.4, 0.5) is 0 Å². The molecule has 0 saturated heterocycles.